The van der Waals surface area contributed by atoms with Gasteiger partial charge in [0.2, 0.25) is 0 Å². The second-order valence-corrected chi connectivity index (χ2v) is 8.81. The molecule has 2 aliphatic rings. The van der Waals surface area contributed by atoms with Gasteiger partial charge < -0.3 is 20.3 Å². The average Bonchev–Trinajstić information content (AvgIpc) is 3.21. The van der Waals surface area contributed by atoms with Crippen LogP contribution in [-0.4, -0.2) is 55.9 Å². The Morgan fingerprint density at radius 2 is 2.12 bits per heavy atom. The van der Waals surface area contributed by atoms with E-state index in [1.807, 2.05) is 36.1 Å². The molecule has 0 radical (unpaired) electrons. The van der Waals surface area contributed by atoms with Crippen LogP contribution in [0.5, 0.6) is 0 Å². The van der Waals surface area contributed by atoms with Crippen molar-refractivity contribution in [3.8, 4) is 0 Å². The maximum atomic E-state index is 12.6. The van der Waals surface area contributed by atoms with Crippen molar-refractivity contribution in [2.24, 2.45) is 0 Å². The molecule has 2 fully saturated rings. The number of nitrogens with one attached hydrogen (secondary N) is 3. The third-order valence-electron chi connectivity index (χ3n) is 6.41. The third kappa shape index (κ3) is 4.48. The van der Waals surface area contributed by atoms with Gasteiger partial charge in [0.25, 0.3) is 0 Å². The van der Waals surface area contributed by atoms with E-state index in [1.165, 1.54) is 0 Å². The summed E-state index contributed by atoms with van der Waals surface area (Å²) in [5.74, 6) is 2.18. The molecule has 0 aliphatic carbocycles. The molecule has 0 aromatic carbocycles. The van der Waals surface area contributed by atoms with E-state index in [1.54, 1.807) is 12.3 Å². The van der Waals surface area contributed by atoms with Crippen LogP contribution in [0.3, 0.4) is 0 Å². The van der Waals surface area contributed by atoms with Crippen LogP contribution in [0.25, 0.3) is 10.9 Å². The van der Waals surface area contributed by atoms with Gasteiger partial charge in [-0.15, -0.1) is 0 Å². The summed E-state index contributed by atoms with van der Waals surface area (Å²) in [6.45, 7) is 5.84. The first-order valence-corrected chi connectivity index (χ1v) is 11.5. The van der Waals surface area contributed by atoms with Crippen LogP contribution in [0.2, 0.25) is 0 Å². The molecule has 33 heavy (non-hydrogen) atoms. The first-order chi connectivity index (χ1) is 16.1. The molecule has 172 valence electrons. The maximum Gasteiger partial charge on any atom is 0.410 e. The lowest BCUT2D eigenvalue weighted by Gasteiger charge is -2.48. The van der Waals surface area contributed by atoms with Gasteiger partial charge in [0.1, 0.15) is 18.2 Å². The number of carbonyl (C=O) groups is 1. The van der Waals surface area contributed by atoms with Crippen molar-refractivity contribution in [3.63, 3.8) is 0 Å². The normalized spacial score (nSPS) is 22.1. The molecule has 3 aromatic rings. The van der Waals surface area contributed by atoms with Gasteiger partial charge in [-0.3, -0.25) is 10.1 Å². The standard InChI is InChI=1S/C24H29N7O2/c1-3-10-33-24(32)31-17-6-4-7-18(31)13-16(12-17)26-23-19-8-5-9-25-20(19)14-21(28-23)27-22-11-15(2)29-30-22/h3,5,8-9,11,14,16-18H,1,4,6-7,10,12-13H2,2H3,(H3,26,27,28,29,30)/t16?,17-,18+. The topological polar surface area (TPSA) is 108 Å². The first-order valence-electron chi connectivity index (χ1n) is 11.5. The minimum absolute atomic E-state index is 0.171. The number of hydrogen-bond acceptors (Lipinski definition) is 7. The molecule has 3 aromatic heterocycles. The monoisotopic (exact) mass is 447 g/mol. The van der Waals surface area contributed by atoms with E-state index in [-0.39, 0.29) is 30.8 Å². The van der Waals surface area contributed by atoms with Crippen LogP contribution >= 0.6 is 0 Å². The molecule has 3 atom stereocenters. The van der Waals surface area contributed by atoms with Crippen molar-refractivity contribution in [3.05, 3.63) is 48.8 Å². The number of amides is 1. The molecule has 1 unspecified atom stereocenters. The summed E-state index contributed by atoms with van der Waals surface area (Å²) in [4.78, 5) is 24.0. The highest BCUT2D eigenvalue weighted by Gasteiger charge is 2.41. The van der Waals surface area contributed by atoms with Gasteiger partial charge >= 0.3 is 6.09 Å². The molecule has 2 aliphatic heterocycles. The Balaban J connectivity index is 1.37. The SMILES string of the molecule is C=CCOC(=O)N1[C@@H]2CCC[C@H]1CC(Nc1nc(Nc3cc(C)[nH]n3)cc3ncccc13)C2. The van der Waals surface area contributed by atoms with Crippen molar-refractivity contribution in [1.29, 1.82) is 0 Å². The van der Waals surface area contributed by atoms with E-state index >= 15 is 0 Å². The molecular formula is C24H29N7O2. The van der Waals surface area contributed by atoms with Crippen LogP contribution in [0.4, 0.5) is 22.2 Å². The van der Waals surface area contributed by atoms with Crippen molar-refractivity contribution in [1.82, 2.24) is 25.1 Å². The largest absolute Gasteiger partial charge is 0.445 e. The number of hydrogen-bond donors (Lipinski definition) is 3. The number of piperidine rings is 2. The van der Waals surface area contributed by atoms with E-state index in [9.17, 15) is 4.79 Å². The molecule has 9 nitrogen and oxygen atoms in total. The van der Waals surface area contributed by atoms with E-state index in [0.29, 0.717) is 11.6 Å². The zero-order valence-electron chi connectivity index (χ0n) is 18.8. The molecule has 0 spiro atoms. The lowest BCUT2D eigenvalue weighted by molar-refractivity contribution is 0.0241. The Hall–Kier alpha value is -3.62. The molecule has 1 amide bonds. The molecule has 5 rings (SSSR count). The fourth-order valence-corrected chi connectivity index (χ4v) is 5.06. The fourth-order valence-electron chi connectivity index (χ4n) is 5.06. The van der Waals surface area contributed by atoms with Gasteiger partial charge in [-0.25, -0.2) is 9.78 Å². The number of aryl methyl sites for hydroxylation is 1. The molecular weight excluding hydrogens is 418 g/mol. The summed E-state index contributed by atoms with van der Waals surface area (Å²) in [6, 6.07) is 8.37. The number of aromatic amines is 1. The second kappa shape index (κ2) is 9.09. The van der Waals surface area contributed by atoms with Crippen molar-refractivity contribution < 1.29 is 9.53 Å². The highest BCUT2D eigenvalue weighted by Crippen LogP contribution is 2.36. The van der Waals surface area contributed by atoms with Gasteiger partial charge in [-0.1, -0.05) is 12.7 Å². The average molecular weight is 448 g/mol. The van der Waals surface area contributed by atoms with Crippen LogP contribution in [0, 0.1) is 6.92 Å². The van der Waals surface area contributed by atoms with Crippen molar-refractivity contribution >= 4 is 34.4 Å². The zero-order chi connectivity index (χ0) is 22.8. The Bertz CT molecular complexity index is 1150. The first kappa shape index (κ1) is 21.2. The smallest absolute Gasteiger partial charge is 0.410 e. The summed E-state index contributed by atoms with van der Waals surface area (Å²) in [5.41, 5.74) is 1.83. The molecule has 2 bridgehead atoms. The number of rotatable bonds is 6. The summed E-state index contributed by atoms with van der Waals surface area (Å²) in [6.07, 6.45) is 8.02. The number of fused-ring (bicyclic) bond motifs is 3. The zero-order valence-corrected chi connectivity index (χ0v) is 18.8. The Morgan fingerprint density at radius 1 is 1.30 bits per heavy atom. The Labute approximate surface area is 192 Å². The molecule has 0 saturated carbocycles. The highest BCUT2D eigenvalue weighted by molar-refractivity contribution is 5.91. The lowest BCUT2D eigenvalue weighted by Crippen LogP contribution is -2.57. The van der Waals surface area contributed by atoms with E-state index in [0.717, 1.165) is 54.5 Å². The van der Waals surface area contributed by atoms with Crippen LogP contribution < -0.4 is 10.6 Å². The number of nitrogens with zero attached hydrogens (tertiary/aromatic N) is 4. The highest BCUT2D eigenvalue weighted by atomic mass is 16.6. The van der Waals surface area contributed by atoms with Crippen molar-refractivity contribution in [2.45, 2.75) is 57.2 Å². The van der Waals surface area contributed by atoms with Gasteiger partial charge in [0, 0.05) is 47.5 Å². The van der Waals surface area contributed by atoms with Gasteiger partial charge in [0.15, 0.2) is 5.82 Å². The summed E-state index contributed by atoms with van der Waals surface area (Å²) in [5, 5.41) is 15.1. The quantitative estimate of drug-likeness (QED) is 0.477. The van der Waals surface area contributed by atoms with Crippen LogP contribution in [0.1, 0.15) is 37.8 Å². The third-order valence-corrected chi connectivity index (χ3v) is 6.41. The fraction of sp³-hybridized carbons (Fsp3) is 0.417. The number of aromatic nitrogens is 4. The number of pyridine rings is 2. The Kier molecular flexibility index (Phi) is 5.85. The van der Waals surface area contributed by atoms with Crippen LogP contribution in [0.15, 0.2) is 43.1 Å². The van der Waals surface area contributed by atoms with Gasteiger partial charge in [0.05, 0.1) is 5.52 Å². The molecule has 5 heterocycles. The summed E-state index contributed by atoms with van der Waals surface area (Å²) < 4.78 is 5.36. The van der Waals surface area contributed by atoms with Gasteiger partial charge in [-0.2, -0.15) is 5.10 Å². The minimum Gasteiger partial charge on any atom is -0.445 e. The van der Waals surface area contributed by atoms with Gasteiger partial charge in [-0.05, 0) is 51.2 Å². The van der Waals surface area contributed by atoms with Crippen molar-refractivity contribution in [2.75, 3.05) is 17.2 Å². The van der Waals surface area contributed by atoms with E-state index in [2.05, 4.69) is 32.4 Å². The lowest BCUT2D eigenvalue weighted by atomic mass is 9.82. The minimum atomic E-state index is -0.226. The Morgan fingerprint density at radius 3 is 2.85 bits per heavy atom. The molecule has 2 saturated heterocycles. The summed E-state index contributed by atoms with van der Waals surface area (Å²) >= 11 is 0. The second-order valence-electron chi connectivity index (χ2n) is 8.81. The summed E-state index contributed by atoms with van der Waals surface area (Å²) in [7, 11) is 0. The number of anilines is 3. The maximum absolute atomic E-state index is 12.6. The number of H-pyrrole nitrogens is 1. The van der Waals surface area contributed by atoms with E-state index in [4.69, 9.17) is 9.72 Å². The molecule has 9 heteroatoms. The van der Waals surface area contributed by atoms with Crippen LogP contribution in [-0.2, 0) is 4.74 Å². The predicted octanol–water partition coefficient (Wildman–Crippen LogP) is 4.52. The number of ether oxygens (including phenoxy) is 1. The predicted molar refractivity (Wildman–Crippen MR) is 128 cm³/mol. The van der Waals surface area contributed by atoms with E-state index < -0.39 is 0 Å². The molecule has 3 N–H and O–H groups in total. The number of carbonyl (C=O) groups excluding carboxylic acids is 1.